The van der Waals surface area contributed by atoms with Gasteiger partial charge in [-0.1, -0.05) is 70.3 Å². The molecule has 35 heavy (non-hydrogen) atoms. The standard InChI is InChI=1S/C26H47NO8/c1-3-5-7-9-10-11-12-13-15-20(29)19(27-22(30)16-14-8-6-4-2)18-34-26-25(33)24(32)23(31)21(17-28)35-26/h9-10,13,15,19-21,23-26,28-29,31-33H,3-8,11-12,14,16-18H2,1-2H3,(H,27,30)/b10-9+,15-13+. The van der Waals surface area contributed by atoms with Gasteiger partial charge in [0.05, 0.1) is 25.4 Å². The molecule has 7 unspecified atom stereocenters. The van der Waals surface area contributed by atoms with E-state index in [1.165, 1.54) is 6.42 Å². The number of amides is 1. The number of unbranched alkanes of at least 4 members (excludes halogenated alkanes) is 6. The van der Waals surface area contributed by atoms with Gasteiger partial charge in [-0.25, -0.2) is 0 Å². The number of allylic oxidation sites excluding steroid dienone is 3. The number of ether oxygens (including phenoxy) is 2. The first kappa shape index (κ1) is 31.7. The lowest BCUT2D eigenvalue weighted by Gasteiger charge is -2.40. The van der Waals surface area contributed by atoms with E-state index in [0.717, 1.165) is 51.4 Å². The highest BCUT2D eigenvalue weighted by Gasteiger charge is 2.44. The molecule has 0 aromatic rings. The van der Waals surface area contributed by atoms with Crippen LogP contribution in [-0.4, -0.2) is 87.5 Å². The highest BCUT2D eigenvalue weighted by atomic mass is 16.7. The molecule has 0 aliphatic carbocycles. The van der Waals surface area contributed by atoms with Crippen molar-refractivity contribution in [3.05, 3.63) is 24.3 Å². The minimum Gasteiger partial charge on any atom is -0.394 e. The summed E-state index contributed by atoms with van der Waals surface area (Å²) in [4.78, 5) is 12.4. The van der Waals surface area contributed by atoms with E-state index < -0.39 is 49.5 Å². The third kappa shape index (κ3) is 12.5. The Labute approximate surface area is 209 Å². The third-order valence-corrected chi connectivity index (χ3v) is 6.03. The summed E-state index contributed by atoms with van der Waals surface area (Å²) in [5, 5.41) is 52.9. The number of nitrogens with one attached hydrogen (secondary N) is 1. The Balaban J connectivity index is 2.69. The van der Waals surface area contributed by atoms with Crippen LogP contribution in [0.4, 0.5) is 0 Å². The zero-order chi connectivity index (χ0) is 26.1. The van der Waals surface area contributed by atoms with E-state index in [2.05, 4.69) is 31.3 Å². The van der Waals surface area contributed by atoms with Gasteiger partial charge in [0.2, 0.25) is 5.91 Å². The molecule has 1 amide bonds. The Morgan fingerprint density at radius 2 is 1.63 bits per heavy atom. The van der Waals surface area contributed by atoms with Gasteiger partial charge in [0.1, 0.15) is 24.4 Å². The predicted octanol–water partition coefficient (Wildman–Crippen LogP) is 1.70. The average molecular weight is 502 g/mol. The van der Waals surface area contributed by atoms with Crippen molar-refractivity contribution in [2.75, 3.05) is 13.2 Å². The molecule has 0 aromatic heterocycles. The number of carbonyl (C=O) groups is 1. The molecule has 204 valence electrons. The van der Waals surface area contributed by atoms with E-state index in [0.29, 0.717) is 6.42 Å². The van der Waals surface area contributed by atoms with Gasteiger partial charge >= 0.3 is 0 Å². The summed E-state index contributed by atoms with van der Waals surface area (Å²) in [7, 11) is 0. The van der Waals surface area contributed by atoms with E-state index in [9.17, 15) is 30.3 Å². The Morgan fingerprint density at radius 3 is 2.31 bits per heavy atom. The van der Waals surface area contributed by atoms with Gasteiger partial charge in [-0.05, 0) is 25.7 Å². The first-order valence-corrected chi connectivity index (χ1v) is 13.1. The number of aliphatic hydroxyl groups excluding tert-OH is 5. The lowest BCUT2D eigenvalue weighted by atomic mass is 9.99. The van der Waals surface area contributed by atoms with Gasteiger partial charge < -0.3 is 40.3 Å². The number of hydrogen-bond acceptors (Lipinski definition) is 8. The second kappa shape index (κ2) is 18.9. The average Bonchev–Trinajstić information content (AvgIpc) is 2.85. The largest absolute Gasteiger partial charge is 0.394 e. The Morgan fingerprint density at radius 1 is 0.943 bits per heavy atom. The maximum atomic E-state index is 12.4. The molecule has 1 saturated heterocycles. The summed E-state index contributed by atoms with van der Waals surface area (Å²) in [6.07, 6.45) is 8.78. The minimum atomic E-state index is -1.56. The fourth-order valence-electron chi connectivity index (χ4n) is 3.74. The molecule has 1 rings (SSSR count). The number of aliphatic hydroxyl groups is 5. The summed E-state index contributed by atoms with van der Waals surface area (Å²) >= 11 is 0. The summed E-state index contributed by atoms with van der Waals surface area (Å²) in [6.45, 7) is 3.47. The molecule has 9 heteroatoms. The highest BCUT2D eigenvalue weighted by Crippen LogP contribution is 2.22. The molecule has 0 spiro atoms. The van der Waals surface area contributed by atoms with Crippen molar-refractivity contribution < 1.29 is 39.8 Å². The van der Waals surface area contributed by atoms with Gasteiger partial charge in [-0.2, -0.15) is 0 Å². The van der Waals surface area contributed by atoms with E-state index >= 15 is 0 Å². The van der Waals surface area contributed by atoms with Crippen molar-refractivity contribution in [2.45, 2.75) is 121 Å². The number of carbonyl (C=O) groups excluding carboxylic acids is 1. The summed E-state index contributed by atoms with van der Waals surface area (Å²) < 4.78 is 10.9. The zero-order valence-electron chi connectivity index (χ0n) is 21.3. The quantitative estimate of drug-likeness (QED) is 0.123. The van der Waals surface area contributed by atoms with Crippen LogP contribution in [0.15, 0.2) is 24.3 Å². The fourth-order valence-corrected chi connectivity index (χ4v) is 3.74. The lowest BCUT2D eigenvalue weighted by Crippen LogP contribution is -2.60. The second-order valence-corrected chi connectivity index (χ2v) is 9.13. The molecular weight excluding hydrogens is 454 g/mol. The minimum absolute atomic E-state index is 0.203. The van der Waals surface area contributed by atoms with Gasteiger partial charge in [0, 0.05) is 6.42 Å². The van der Waals surface area contributed by atoms with Crippen LogP contribution in [-0.2, 0) is 14.3 Å². The van der Waals surface area contributed by atoms with E-state index in [-0.39, 0.29) is 12.5 Å². The molecule has 1 aliphatic rings. The van der Waals surface area contributed by atoms with Crippen LogP contribution in [0.3, 0.4) is 0 Å². The van der Waals surface area contributed by atoms with Crippen molar-refractivity contribution in [3.8, 4) is 0 Å². The maximum Gasteiger partial charge on any atom is 0.220 e. The molecule has 0 bridgehead atoms. The van der Waals surface area contributed by atoms with E-state index in [1.807, 2.05) is 6.08 Å². The van der Waals surface area contributed by atoms with Crippen LogP contribution in [0.2, 0.25) is 0 Å². The van der Waals surface area contributed by atoms with E-state index in [1.54, 1.807) is 6.08 Å². The van der Waals surface area contributed by atoms with Crippen LogP contribution >= 0.6 is 0 Å². The Kier molecular flexibility index (Phi) is 17.1. The molecule has 0 radical (unpaired) electrons. The molecule has 0 saturated carbocycles. The SMILES string of the molecule is CCCC/C=C/CC/C=C/C(O)C(COC1OC(CO)C(O)C(O)C1O)NC(=O)CCCCCC. The fraction of sp³-hybridized carbons (Fsp3) is 0.808. The molecule has 1 heterocycles. The maximum absolute atomic E-state index is 12.4. The van der Waals surface area contributed by atoms with Crippen LogP contribution in [0.25, 0.3) is 0 Å². The molecular formula is C26H47NO8. The Bertz CT molecular complexity index is 612. The molecule has 1 aliphatic heterocycles. The summed E-state index contributed by atoms with van der Waals surface area (Å²) in [6, 6.07) is -0.808. The van der Waals surface area contributed by atoms with Gasteiger partial charge in [-0.15, -0.1) is 0 Å². The van der Waals surface area contributed by atoms with Crippen LogP contribution in [0, 0.1) is 0 Å². The smallest absolute Gasteiger partial charge is 0.220 e. The summed E-state index contributed by atoms with van der Waals surface area (Å²) in [5.41, 5.74) is 0. The van der Waals surface area contributed by atoms with Crippen molar-refractivity contribution >= 4 is 5.91 Å². The van der Waals surface area contributed by atoms with Gasteiger partial charge in [0.25, 0.3) is 0 Å². The second-order valence-electron chi connectivity index (χ2n) is 9.13. The molecule has 9 nitrogen and oxygen atoms in total. The third-order valence-electron chi connectivity index (χ3n) is 6.03. The monoisotopic (exact) mass is 501 g/mol. The molecule has 6 N–H and O–H groups in total. The lowest BCUT2D eigenvalue weighted by molar-refractivity contribution is -0.302. The van der Waals surface area contributed by atoms with Gasteiger partial charge in [-0.3, -0.25) is 4.79 Å². The van der Waals surface area contributed by atoms with Crippen LogP contribution in [0.1, 0.15) is 78.1 Å². The molecule has 1 fully saturated rings. The number of rotatable bonds is 18. The normalized spacial score (nSPS) is 26.9. The molecule has 0 aromatic carbocycles. The van der Waals surface area contributed by atoms with Gasteiger partial charge in [0.15, 0.2) is 6.29 Å². The topological polar surface area (TPSA) is 149 Å². The van der Waals surface area contributed by atoms with Crippen molar-refractivity contribution in [2.24, 2.45) is 0 Å². The van der Waals surface area contributed by atoms with Crippen LogP contribution < -0.4 is 5.32 Å². The highest BCUT2D eigenvalue weighted by molar-refractivity contribution is 5.76. The van der Waals surface area contributed by atoms with Crippen LogP contribution in [0.5, 0.6) is 0 Å². The van der Waals surface area contributed by atoms with Crippen molar-refractivity contribution in [3.63, 3.8) is 0 Å². The first-order chi connectivity index (χ1) is 16.8. The predicted molar refractivity (Wildman–Crippen MR) is 133 cm³/mol. The zero-order valence-corrected chi connectivity index (χ0v) is 21.3. The van der Waals surface area contributed by atoms with Crippen molar-refractivity contribution in [1.29, 1.82) is 0 Å². The molecule has 7 atom stereocenters. The first-order valence-electron chi connectivity index (χ1n) is 13.1. The Hall–Kier alpha value is -1.33. The van der Waals surface area contributed by atoms with Crippen molar-refractivity contribution in [1.82, 2.24) is 5.32 Å². The summed E-state index contributed by atoms with van der Waals surface area (Å²) in [5.74, 6) is -0.213. The number of hydrogen-bond donors (Lipinski definition) is 6. The van der Waals surface area contributed by atoms with E-state index in [4.69, 9.17) is 9.47 Å².